The van der Waals surface area contributed by atoms with Crippen LogP contribution in [0.25, 0.3) is 6.08 Å². The van der Waals surface area contributed by atoms with E-state index in [0.717, 1.165) is 25.7 Å². The number of carbonyl (C=O) groups is 1. The third-order valence-electron chi connectivity index (χ3n) is 3.74. The number of ether oxygens (including phenoxy) is 2. The van der Waals surface area contributed by atoms with E-state index in [1.165, 1.54) is 25.3 Å². The van der Waals surface area contributed by atoms with Crippen molar-refractivity contribution in [2.45, 2.75) is 19.3 Å². The fraction of sp³-hybridized carbons (Fsp3) is 0.471. The average Bonchev–Trinajstić information content (AvgIpc) is 2.54. The summed E-state index contributed by atoms with van der Waals surface area (Å²) in [6, 6.07) is 5.45. The summed E-state index contributed by atoms with van der Waals surface area (Å²) in [6.45, 7) is 3.69. The summed E-state index contributed by atoms with van der Waals surface area (Å²) in [4.78, 5) is 13.1. The maximum atomic E-state index is 10.7. The minimum absolute atomic E-state index is 0.564. The fourth-order valence-corrected chi connectivity index (χ4v) is 2.60. The Labute approximate surface area is 131 Å². The van der Waals surface area contributed by atoms with Gasteiger partial charge in [0.25, 0.3) is 0 Å². The van der Waals surface area contributed by atoms with E-state index in [4.69, 9.17) is 14.6 Å². The van der Waals surface area contributed by atoms with Crippen LogP contribution in [0.2, 0.25) is 0 Å². The Bertz CT molecular complexity index is 521. The first-order valence-corrected chi connectivity index (χ1v) is 7.64. The molecule has 1 aliphatic rings. The van der Waals surface area contributed by atoms with Crippen LogP contribution in [-0.2, 0) is 4.79 Å². The SMILES string of the molecule is COc1cccc(C=CC(=O)O)c1OCCN1CCCCC1. The predicted octanol–water partition coefficient (Wildman–Crippen LogP) is 2.66. The topological polar surface area (TPSA) is 59.0 Å². The number of aliphatic carboxylic acids is 1. The molecule has 22 heavy (non-hydrogen) atoms. The van der Waals surface area contributed by atoms with Gasteiger partial charge in [0.05, 0.1) is 7.11 Å². The van der Waals surface area contributed by atoms with Crippen LogP contribution >= 0.6 is 0 Å². The molecule has 120 valence electrons. The highest BCUT2D eigenvalue weighted by Gasteiger charge is 2.12. The van der Waals surface area contributed by atoms with E-state index in [1.54, 1.807) is 7.11 Å². The summed E-state index contributed by atoms with van der Waals surface area (Å²) < 4.78 is 11.2. The molecule has 5 heteroatoms. The maximum absolute atomic E-state index is 10.7. The number of rotatable bonds is 7. The zero-order valence-corrected chi connectivity index (χ0v) is 13.0. The third kappa shape index (κ3) is 4.77. The molecular formula is C17H23NO4. The number of para-hydroxylation sites is 1. The number of carboxylic acids is 1. The van der Waals surface area contributed by atoms with Gasteiger partial charge < -0.3 is 14.6 Å². The lowest BCUT2D eigenvalue weighted by molar-refractivity contribution is -0.131. The molecule has 1 saturated heterocycles. The number of hydrogen-bond acceptors (Lipinski definition) is 4. The zero-order chi connectivity index (χ0) is 15.8. The first kappa shape index (κ1) is 16.4. The van der Waals surface area contributed by atoms with Crippen molar-refractivity contribution < 1.29 is 19.4 Å². The molecule has 0 atom stereocenters. The highest BCUT2D eigenvalue weighted by molar-refractivity contribution is 5.86. The molecule has 5 nitrogen and oxygen atoms in total. The Morgan fingerprint density at radius 1 is 1.32 bits per heavy atom. The normalized spacial score (nSPS) is 15.9. The second-order valence-corrected chi connectivity index (χ2v) is 5.30. The molecule has 0 saturated carbocycles. The van der Waals surface area contributed by atoms with Crippen molar-refractivity contribution in [1.29, 1.82) is 0 Å². The van der Waals surface area contributed by atoms with Gasteiger partial charge in [-0.1, -0.05) is 18.6 Å². The lowest BCUT2D eigenvalue weighted by Crippen LogP contribution is -2.33. The number of nitrogens with zero attached hydrogens (tertiary/aromatic N) is 1. The fourth-order valence-electron chi connectivity index (χ4n) is 2.60. The van der Waals surface area contributed by atoms with Crippen molar-refractivity contribution in [2.24, 2.45) is 0 Å². The van der Waals surface area contributed by atoms with Crippen LogP contribution in [0, 0.1) is 0 Å². The average molecular weight is 305 g/mol. The second-order valence-electron chi connectivity index (χ2n) is 5.30. The Balaban J connectivity index is 2.01. The summed E-state index contributed by atoms with van der Waals surface area (Å²) >= 11 is 0. The van der Waals surface area contributed by atoms with Crippen LogP contribution in [0.15, 0.2) is 24.3 Å². The van der Waals surface area contributed by atoms with Gasteiger partial charge in [-0.25, -0.2) is 4.79 Å². The monoisotopic (exact) mass is 305 g/mol. The smallest absolute Gasteiger partial charge is 0.328 e. The molecule has 0 unspecified atom stereocenters. The first-order chi connectivity index (χ1) is 10.7. The van der Waals surface area contributed by atoms with Gasteiger partial charge >= 0.3 is 5.97 Å². The second kappa shape index (κ2) is 8.44. The number of benzene rings is 1. The van der Waals surface area contributed by atoms with Gasteiger partial charge in [-0.15, -0.1) is 0 Å². The van der Waals surface area contributed by atoms with Crippen LogP contribution < -0.4 is 9.47 Å². The van der Waals surface area contributed by atoms with Crippen molar-refractivity contribution in [1.82, 2.24) is 4.90 Å². The van der Waals surface area contributed by atoms with Crippen molar-refractivity contribution in [3.8, 4) is 11.5 Å². The van der Waals surface area contributed by atoms with Gasteiger partial charge in [-0.3, -0.25) is 4.90 Å². The quantitative estimate of drug-likeness (QED) is 0.785. The van der Waals surface area contributed by atoms with Crippen LogP contribution in [0.4, 0.5) is 0 Å². The van der Waals surface area contributed by atoms with E-state index in [2.05, 4.69) is 4.90 Å². The summed E-state index contributed by atoms with van der Waals surface area (Å²) in [6.07, 6.45) is 6.45. The molecule has 0 radical (unpaired) electrons. The van der Waals surface area contributed by atoms with Crippen LogP contribution in [0.1, 0.15) is 24.8 Å². The van der Waals surface area contributed by atoms with Crippen LogP contribution in [0.5, 0.6) is 11.5 Å². The molecule has 1 heterocycles. The highest BCUT2D eigenvalue weighted by atomic mass is 16.5. The van der Waals surface area contributed by atoms with Gasteiger partial charge in [-0.05, 0) is 38.1 Å². The molecule has 0 aliphatic carbocycles. The molecule has 0 aromatic heterocycles. The molecule has 1 aliphatic heterocycles. The number of hydrogen-bond donors (Lipinski definition) is 1. The van der Waals surface area contributed by atoms with Crippen molar-refractivity contribution in [3.63, 3.8) is 0 Å². The number of carboxylic acid groups (broad SMARTS) is 1. The summed E-state index contributed by atoms with van der Waals surface area (Å²) in [5.74, 6) is 0.229. The largest absolute Gasteiger partial charge is 0.493 e. The number of methoxy groups -OCH3 is 1. The van der Waals surface area contributed by atoms with E-state index in [9.17, 15) is 4.79 Å². The minimum atomic E-state index is -0.984. The van der Waals surface area contributed by atoms with Gasteiger partial charge in [-0.2, -0.15) is 0 Å². The first-order valence-electron chi connectivity index (χ1n) is 7.64. The maximum Gasteiger partial charge on any atom is 0.328 e. The Kier molecular flexibility index (Phi) is 6.27. The molecule has 1 N–H and O–H groups in total. The van der Waals surface area contributed by atoms with Gasteiger partial charge in [0, 0.05) is 18.2 Å². The van der Waals surface area contributed by atoms with Crippen LogP contribution in [-0.4, -0.2) is 49.3 Å². The summed E-state index contributed by atoms with van der Waals surface area (Å²) in [5.41, 5.74) is 0.709. The molecule has 1 aromatic rings. The Morgan fingerprint density at radius 2 is 2.09 bits per heavy atom. The predicted molar refractivity (Wildman–Crippen MR) is 85.4 cm³/mol. The summed E-state index contributed by atoms with van der Waals surface area (Å²) in [5, 5.41) is 8.77. The molecule has 0 amide bonds. The van der Waals surface area contributed by atoms with Crippen molar-refractivity contribution >= 4 is 12.0 Å². The lowest BCUT2D eigenvalue weighted by Gasteiger charge is -2.26. The van der Waals surface area contributed by atoms with E-state index in [1.807, 2.05) is 18.2 Å². The highest BCUT2D eigenvalue weighted by Crippen LogP contribution is 2.32. The standard InChI is InChI=1S/C17H23NO4/c1-21-15-7-5-6-14(8-9-16(19)20)17(15)22-13-12-18-10-3-2-4-11-18/h5-9H,2-4,10-13H2,1H3,(H,19,20). The van der Waals surface area contributed by atoms with Crippen molar-refractivity contribution in [3.05, 3.63) is 29.8 Å². The van der Waals surface area contributed by atoms with Crippen molar-refractivity contribution in [2.75, 3.05) is 33.4 Å². The van der Waals surface area contributed by atoms with Gasteiger partial charge in [0.1, 0.15) is 6.61 Å². The Hall–Kier alpha value is -2.01. The van der Waals surface area contributed by atoms with Crippen LogP contribution in [0.3, 0.4) is 0 Å². The Morgan fingerprint density at radius 3 is 2.77 bits per heavy atom. The molecule has 2 rings (SSSR count). The molecule has 0 bridgehead atoms. The number of likely N-dealkylation sites (tertiary alicyclic amines) is 1. The summed E-state index contributed by atoms with van der Waals surface area (Å²) in [7, 11) is 1.58. The number of piperidine rings is 1. The van der Waals surface area contributed by atoms with E-state index in [-0.39, 0.29) is 0 Å². The molecular weight excluding hydrogens is 282 g/mol. The van der Waals surface area contributed by atoms with E-state index >= 15 is 0 Å². The zero-order valence-electron chi connectivity index (χ0n) is 13.0. The van der Waals surface area contributed by atoms with E-state index in [0.29, 0.717) is 23.7 Å². The molecule has 1 fully saturated rings. The van der Waals surface area contributed by atoms with Gasteiger partial charge in [0.2, 0.25) is 0 Å². The molecule has 1 aromatic carbocycles. The third-order valence-corrected chi connectivity index (χ3v) is 3.74. The lowest BCUT2D eigenvalue weighted by atomic mass is 10.1. The van der Waals surface area contributed by atoms with E-state index < -0.39 is 5.97 Å². The van der Waals surface area contributed by atoms with Gasteiger partial charge in [0.15, 0.2) is 11.5 Å². The minimum Gasteiger partial charge on any atom is -0.493 e. The molecule has 0 spiro atoms.